The maximum atomic E-state index is 13.6. The molecular weight excluding hydrogens is 502 g/mol. The second-order valence-electron chi connectivity index (χ2n) is 10.1. The van der Waals surface area contributed by atoms with Gasteiger partial charge in [-0.2, -0.15) is 10.2 Å². The van der Waals surface area contributed by atoms with Crippen LogP contribution in [0.2, 0.25) is 0 Å². The molecular formula is C31H31N7O2. The first-order valence-electron chi connectivity index (χ1n) is 13.4. The number of aromatic nitrogens is 5. The monoisotopic (exact) mass is 533 g/mol. The van der Waals surface area contributed by atoms with Gasteiger partial charge in [0.05, 0.1) is 11.9 Å². The summed E-state index contributed by atoms with van der Waals surface area (Å²) in [4.78, 5) is 17.9. The minimum Gasteiger partial charge on any atom is -0.474 e. The van der Waals surface area contributed by atoms with E-state index in [1.165, 1.54) is 5.56 Å². The van der Waals surface area contributed by atoms with Crippen LogP contribution in [0.5, 0.6) is 5.88 Å². The Morgan fingerprint density at radius 3 is 2.42 bits per heavy atom. The Morgan fingerprint density at radius 1 is 0.975 bits per heavy atom. The molecule has 5 aromatic rings. The smallest absolute Gasteiger partial charge is 0.320 e. The second kappa shape index (κ2) is 11.1. The molecule has 3 aromatic heterocycles. The van der Waals surface area contributed by atoms with E-state index in [0.29, 0.717) is 18.1 Å². The fourth-order valence-electron chi connectivity index (χ4n) is 5.43. The number of hydrogen-bond acceptors (Lipinski definition) is 5. The number of anilines is 1. The first kappa shape index (κ1) is 25.4. The number of nitrogens with zero attached hydrogens (tertiary/aromatic N) is 5. The highest BCUT2D eigenvalue weighted by atomic mass is 16.5. The maximum absolute atomic E-state index is 13.6. The molecule has 202 valence electrons. The summed E-state index contributed by atoms with van der Waals surface area (Å²) < 4.78 is 9.71. The van der Waals surface area contributed by atoms with Crippen LogP contribution in [0.3, 0.4) is 0 Å². The zero-order valence-corrected chi connectivity index (χ0v) is 22.4. The van der Waals surface area contributed by atoms with Gasteiger partial charge in [0, 0.05) is 55.0 Å². The van der Waals surface area contributed by atoms with Crippen molar-refractivity contribution in [1.29, 1.82) is 0 Å². The molecule has 0 aliphatic heterocycles. The van der Waals surface area contributed by atoms with Crippen molar-refractivity contribution in [2.45, 2.75) is 37.8 Å². The summed E-state index contributed by atoms with van der Waals surface area (Å²) in [5.74, 6) is 1.31. The zero-order chi connectivity index (χ0) is 27.5. The van der Waals surface area contributed by atoms with Crippen molar-refractivity contribution in [3.63, 3.8) is 0 Å². The van der Waals surface area contributed by atoms with Crippen LogP contribution in [0.1, 0.15) is 29.9 Å². The van der Waals surface area contributed by atoms with Crippen LogP contribution in [-0.2, 0) is 7.05 Å². The third kappa shape index (κ3) is 5.31. The molecule has 6 rings (SSSR count). The van der Waals surface area contributed by atoms with E-state index in [1.54, 1.807) is 21.8 Å². The molecule has 1 fully saturated rings. The van der Waals surface area contributed by atoms with Crippen molar-refractivity contribution in [1.82, 2.24) is 29.9 Å². The van der Waals surface area contributed by atoms with E-state index in [1.807, 2.05) is 86.9 Å². The number of amides is 2. The lowest BCUT2D eigenvalue weighted by atomic mass is 9.94. The summed E-state index contributed by atoms with van der Waals surface area (Å²) >= 11 is 0. The molecule has 2 amide bonds. The molecule has 2 N–H and O–H groups in total. The van der Waals surface area contributed by atoms with Gasteiger partial charge < -0.3 is 10.1 Å². The van der Waals surface area contributed by atoms with Crippen LogP contribution in [0.25, 0.3) is 16.9 Å². The normalized spacial score (nSPS) is 18.4. The van der Waals surface area contributed by atoms with Crippen molar-refractivity contribution < 1.29 is 9.53 Å². The van der Waals surface area contributed by atoms with Gasteiger partial charge in [-0.1, -0.05) is 54.6 Å². The van der Waals surface area contributed by atoms with E-state index in [9.17, 15) is 4.79 Å². The Labute approximate surface area is 232 Å². The van der Waals surface area contributed by atoms with Gasteiger partial charge in [0.1, 0.15) is 17.6 Å². The SMILES string of the molecule is Cc1c(-c2cnn(C)c2)nn(-c2ccccc2)c1NC(=O)N[C@@H]1C[C@@H](Oc2ccccn2)C[C@H]1c1ccccc1. The number of nitrogens with one attached hydrogen (secondary N) is 2. The van der Waals surface area contributed by atoms with Gasteiger partial charge >= 0.3 is 6.03 Å². The number of urea groups is 1. The second-order valence-corrected chi connectivity index (χ2v) is 10.1. The van der Waals surface area contributed by atoms with Crippen molar-refractivity contribution in [2.24, 2.45) is 7.05 Å². The lowest BCUT2D eigenvalue weighted by Crippen LogP contribution is -2.40. The molecule has 2 aromatic carbocycles. The molecule has 9 heteroatoms. The fourth-order valence-corrected chi connectivity index (χ4v) is 5.43. The van der Waals surface area contributed by atoms with Crippen molar-refractivity contribution in [2.75, 3.05) is 5.32 Å². The summed E-state index contributed by atoms with van der Waals surface area (Å²) in [6.45, 7) is 1.96. The van der Waals surface area contributed by atoms with Gasteiger partial charge in [-0.05, 0) is 37.1 Å². The van der Waals surface area contributed by atoms with Crippen LogP contribution in [0, 0.1) is 6.92 Å². The molecule has 3 heterocycles. The molecule has 9 nitrogen and oxygen atoms in total. The third-order valence-electron chi connectivity index (χ3n) is 7.32. The van der Waals surface area contributed by atoms with E-state index in [2.05, 4.69) is 32.8 Å². The number of pyridine rings is 1. The van der Waals surface area contributed by atoms with Gasteiger partial charge in [-0.25, -0.2) is 14.5 Å². The number of carbonyl (C=O) groups is 1. The number of ether oxygens (including phenoxy) is 1. The average Bonchev–Trinajstić information content (AvgIpc) is 3.67. The Hall–Kier alpha value is -4.92. The molecule has 0 radical (unpaired) electrons. The largest absolute Gasteiger partial charge is 0.474 e. The minimum absolute atomic E-state index is 0.0702. The summed E-state index contributed by atoms with van der Waals surface area (Å²) in [6.07, 6.45) is 6.79. The highest BCUT2D eigenvalue weighted by molar-refractivity contribution is 5.91. The van der Waals surface area contributed by atoms with Gasteiger partial charge in [-0.15, -0.1) is 0 Å². The highest BCUT2D eigenvalue weighted by Gasteiger charge is 2.38. The van der Waals surface area contributed by atoms with Crippen LogP contribution in [0.4, 0.5) is 10.6 Å². The zero-order valence-electron chi connectivity index (χ0n) is 22.4. The van der Waals surface area contributed by atoms with Crippen molar-refractivity contribution in [3.05, 3.63) is 109 Å². The van der Waals surface area contributed by atoms with Crippen LogP contribution < -0.4 is 15.4 Å². The number of benzene rings is 2. The highest BCUT2D eigenvalue weighted by Crippen LogP contribution is 2.37. The van der Waals surface area contributed by atoms with Gasteiger partial charge in [-0.3, -0.25) is 10.00 Å². The molecule has 0 saturated heterocycles. The summed E-state index contributed by atoms with van der Waals surface area (Å²) in [5.41, 5.74) is 4.52. The molecule has 1 aliphatic carbocycles. The predicted molar refractivity (Wildman–Crippen MR) is 154 cm³/mol. The number of carbonyl (C=O) groups excluding carboxylic acids is 1. The standard InChI is InChI=1S/C31H31N7O2/c1-21-29(23-19-33-37(2)20-23)36-38(24-13-7-4-8-14-24)30(21)35-31(39)34-27-18-25(40-28-15-9-10-16-32-28)17-26(27)22-11-5-3-6-12-22/h3-16,19-20,25-27H,17-18H2,1-2H3,(H2,34,35,39)/t25-,26-,27+/m0/s1. The molecule has 1 aliphatic rings. The van der Waals surface area contributed by atoms with Crippen molar-refractivity contribution >= 4 is 11.8 Å². The van der Waals surface area contributed by atoms with E-state index in [-0.39, 0.29) is 24.1 Å². The summed E-state index contributed by atoms with van der Waals surface area (Å²) in [5, 5.41) is 15.5. The molecule has 0 unspecified atom stereocenters. The molecule has 0 bridgehead atoms. The topological polar surface area (TPSA) is 98.9 Å². The molecule has 3 atom stereocenters. The molecule has 0 spiro atoms. The minimum atomic E-state index is -0.290. The summed E-state index contributed by atoms with van der Waals surface area (Å²) in [6, 6.07) is 25.3. The van der Waals surface area contributed by atoms with Gasteiger partial charge in [0.15, 0.2) is 0 Å². The number of para-hydroxylation sites is 1. The Kier molecular flexibility index (Phi) is 7.01. The third-order valence-corrected chi connectivity index (χ3v) is 7.32. The number of hydrogen-bond donors (Lipinski definition) is 2. The number of rotatable bonds is 7. The average molecular weight is 534 g/mol. The Balaban J connectivity index is 1.26. The summed E-state index contributed by atoms with van der Waals surface area (Å²) in [7, 11) is 1.87. The van der Waals surface area contributed by atoms with Gasteiger partial charge in [0.25, 0.3) is 0 Å². The van der Waals surface area contributed by atoms with Gasteiger partial charge in [0.2, 0.25) is 5.88 Å². The van der Waals surface area contributed by atoms with Crippen LogP contribution in [-0.4, -0.2) is 42.7 Å². The first-order valence-corrected chi connectivity index (χ1v) is 13.4. The Morgan fingerprint density at radius 2 is 1.73 bits per heavy atom. The van der Waals surface area contributed by atoms with Crippen LogP contribution >= 0.6 is 0 Å². The maximum Gasteiger partial charge on any atom is 0.320 e. The lowest BCUT2D eigenvalue weighted by molar-refractivity contribution is 0.197. The predicted octanol–water partition coefficient (Wildman–Crippen LogP) is 5.49. The lowest BCUT2D eigenvalue weighted by Gasteiger charge is -2.21. The van der Waals surface area contributed by atoms with E-state index in [4.69, 9.17) is 9.84 Å². The molecule has 40 heavy (non-hydrogen) atoms. The Bertz CT molecular complexity index is 1580. The van der Waals surface area contributed by atoms with E-state index >= 15 is 0 Å². The quantitative estimate of drug-likeness (QED) is 0.288. The molecule has 1 saturated carbocycles. The van der Waals surface area contributed by atoms with Crippen molar-refractivity contribution in [3.8, 4) is 22.8 Å². The van der Waals surface area contributed by atoms with E-state index < -0.39 is 0 Å². The fraction of sp³-hybridized carbons (Fsp3) is 0.226. The first-order chi connectivity index (χ1) is 19.5. The van der Waals surface area contributed by atoms with Crippen LogP contribution in [0.15, 0.2) is 97.5 Å². The van der Waals surface area contributed by atoms with E-state index in [0.717, 1.165) is 28.9 Å². The number of aryl methyl sites for hydroxylation is 1.